The molecular formula is C76H82N2O6P2. The number of nitrogens with zero attached hydrogens (tertiary/aromatic N) is 2. The van der Waals surface area contributed by atoms with Crippen molar-refractivity contribution < 1.29 is 25.8 Å². The van der Waals surface area contributed by atoms with Gasteiger partial charge in [-0.25, -0.2) is 0 Å². The first kappa shape index (κ1) is 58.9. The SMILES string of the molecule is Cc1c(C(C)(C)C(C)C)cc(C(C)(C)C(C)C)c(Op2oc3ccc4ccccc4c3c3c(ccc4ccccc43)o2)c1-c1c(C)c(C(C)(C)C(C)C)cc(C(C)(C)C(C)C)c1Op1oc2ccc3ncccc3c2c2c(ccc3ncccc32)o1. The van der Waals surface area contributed by atoms with Gasteiger partial charge in [0.1, 0.15) is 33.8 Å². The van der Waals surface area contributed by atoms with Crippen molar-refractivity contribution in [3.63, 3.8) is 0 Å². The monoisotopic (exact) mass is 1180 g/mol. The molecule has 0 aliphatic heterocycles. The second-order valence-electron chi connectivity index (χ2n) is 27.4. The summed E-state index contributed by atoms with van der Waals surface area (Å²) < 4.78 is 45.4. The normalized spacial score (nSPS) is 13.0. The van der Waals surface area contributed by atoms with Crippen molar-refractivity contribution in [2.24, 2.45) is 23.7 Å². The Morgan fingerprint density at radius 3 is 1.01 bits per heavy atom. The molecule has 8 nitrogen and oxygen atoms in total. The van der Waals surface area contributed by atoms with Gasteiger partial charge in [0.25, 0.3) is 0 Å². The molecule has 12 rings (SSSR count). The number of aromatic nitrogens is 2. The predicted molar refractivity (Wildman–Crippen MR) is 363 cm³/mol. The van der Waals surface area contributed by atoms with Gasteiger partial charge in [0.2, 0.25) is 0 Å². The largest absolute Gasteiger partial charge is 0.453 e. The number of fused-ring (bicyclic) bond motifs is 14. The van der Waals surface area contributed by atoms with Gasteiger partial charge in [-0.3, -0.25) is 9.97 Å². The zero-order chi connectivity index (χ0) is 61.1. The van der Waals surface area contributed by atoms with Gasteiger partial charge in [-0.1, -0.05) is 196 Å². The Kier molecular flexibility index (Phi) is 14.9. The summed E-state index contributed by atoms with van der Waals surface area (Å²) in [5.74, 6) is 2.25. The lowest BCUT2D eigenvalue weighted by molar-refractivity contribution is 0.350. The van der Waals surface area contributed by atoms with Crippen LogP contribution in [-0.2, 0) is 21.7 Å². The van der Waals surface area contributed by atoms with Crippen LogP contribution < -0.4 is 9.05 Å². The Morgan fingerprint density at radius 2 is 0.663 bits per heavy atom. The van der Waals surface area contributed by atoms with Crippen LogP contribution >= 0.6 is 16.5 Å². The third-order valence-electron chi connectivity index (χ3n) is 20.7. The lowest BCUT2D eigenvalue weighted by Crippen LogP contribution is -2.31. The molecule has 0 unspecified atom stereocenters. The smallest absolute Gasteiger partial charge is 0.390 e. The van der Waals surface area contributed by atoms with E-state index in [0.717, 1.165) is 98.3 Å². The fraction of sp³-hybridized carbons (Fsp3) is 0.342. The first-order chi connectivity index (χ1) is 40.8. The van der Waals surface area contributed by atoms with E-state index in [2.05, 4.69) is 222 Å². The molecule has 0 saturated carbocycles. The van der Waals surface area contributed by atoms with E-state index >= 15 is 0 Å². The zero-order valence-electron chi connectivity index (χ0n) is 53.4. The minimum absolute atomic E-state index is 0.167. The molecule has 0 radical (unpaired) electrons. The van der Waals surface area contributed by atoms with E-state index < -0.39 is 27.3 Å². The minimum atomic E-state index is -2.25. The Balaban J connectivity index is 1.27. The number of rotatable bonds is 13. The van der Waals surface area contributed by atoms with Gasteiger partial charge in [-0.2, -0.15) is 0 Å². The summed E-state index contributed by atoms with van der Waals surface area (Å²) in [6, 6.07) is 46.7. The Hall–Kier alpha value is -7.50. The highest BCUT2D eigenvalue weighted by atomic mass is 31.1. The fourth-order valence-electron chi connectivity index (χ4n) is 12.5. The summed E-state index contributed by atoms with van der Waals surface area (Å²) in [6.07, 6.45) is 3.66. The van der Waals surface area contributed by atoms with Gasteiger partial charge in [0, 0.05) is 67.0 Å². The average Bonchev–Trinajstić information content (AvgIpc) is 0.964. The second kappa shape index (κ2) is 21.7. The van der Waals surface area contributed by atoms with Crippen molar-refractivity contribution in [1.82, 2.24) is 9.97 Å². The molecule has 12 aromatic rings. The van der Waals surface area contributed by atoms with Crippen molar-refractivity contribution in [2.45, 2.75) is 146 Å². The van der Waals surface area contributed by atoms with E-state index in [1.54, 1.807) is 0 Å². The molecule has 8 aromatic carbocycles. The summed E-state index contributed by atoms with van der Waals surface area (Å²) >= 11 is 0. The van der Waals surface area contributed by atoms with Crippen LogP contribution in [0.2, 0.25) is 0 Å². The van der Waals surface area contributed by atoms with Crippen LogP contribution in [0.3, 0.4) is 0 Å². The van der Waals surface area contributed by atoms with E-state index in [1.807, 2.05) is 48.8 Å². The minimum Gasteiger partial charge on any atom is -0.390 e. The molecule has 0 N–H and O–H groups in total. The van der Waals surface area contributed by atoms with Gasteiger partial charge in [-0.15, -0.1) is 0 Å². The van der Waals surface area contributed by atoms with Crippen LogP contribution in [0.15, 0.2) is 163 Å². The van der Waals surface area contributed by atoms with E-state index in [0.29, 0.717) is 33.8 Å². The topological polar surface area (TPSA) is 96.8 Å². The molecule has 0 aliphatic carbocycles. The van der Waals surface area contributed by atoms with Crippen LogP contribution in [0.25, 0.3) is 98.4 Å². The molecule has 0 atom stereocenters. The van der Waals surface area contributed by atoms with Crippen molar-refractivity contribution >= 4 is 104 Å². The quantitative estimate of drug-likeness (QED) is 0.113. The van der Waals surface area contributed by atoms with Crippen molar-refractivity contribution in [2.75, 3.05) is 0 Å². The molecule has 86 heavy (non-hydrogen) atoms. The van der Waals surface area contributed by atoms with Crippen molar-refractivity contribution in [1.29, 1.82) is 0 Å². The molecule has 0 spiro atoms. The lowest BCUT2D eigenvalue weighted by Gasteiger charge is -2.40. The number of benzene rings is 8. The van der Waals surface area contributed by atoms with Crippen LogP contribution in [-0.4, -0.2) is 9.97 Å². The van der Waals surface area contributed by atoms with E-state index in [9.17, 15) is 0 Å². The van der Waals surface area contributed by atoms with Crippen LogP contribution in [0, 0.1) is 37.5 Å². The summed E-state index contributed by atoms with van der Waals surface area (Å²) in [5, 5.41) is 10.0. The summed E-state index contributed by atoms with van der Waals surface area (Å²) in [4.78, 5) is 9.65. The number of hydrogen-bond acceptors (Lipinski definition) is 8. The van der Waals surface area contributed by atoms with Crippen LogP contribution in [0.4, 0.5) is 0 Å². The van der Waals surface area contributed by atoms with E-state index in [1.165, 1.54) is 11.1 Å². The third-order valence-corrected chi connectivity index (χ3v) is 22.7. The average molecular weight is 1180 g/mol. The van der Waals surface area contributed by atoms with Crippen molar-refractivity contribution in [3.05, 3.63) is 179 Å². The highest BCUT2D eigenvalue weighted by molar-refractivity contribution is 7.32. The van der Waals surface area contributed by atoms with Gasteiger partial charge >= 0.3 is 16.5 Å². The lowest BCUT2D eigenvalue weighted by atomic mass is 9.65. The first-order valence-electron chi connectivity index (χ1n) is 30.7. The summed E-state index contributed by atoms with van der Waals surface area (Å²) in [7, 11) is -4.46. The van der Waals surface area contributed by atoms with E-state index in [4.69, 9.17) is 35.8 Å². The molecule has 0 bridgehead atoms. The van der Waals surface area contributed by atoms with Gasteiger partial charge in [-0.05, 0) is 152 Å². The zero-order valence-corrected chi connectivity index (χ0v) is 55.2. The van der Waals surface area contributed by atoms with E-state index in [-0.39, 0.29) is 34.5 Å². The second-order valence-corrected chi connectivity index (χ2v) is 29.4. The molecule has 0 amide bonds. The molecule has 4 aromatic heterocycles. The number of pyridine rings is 2. The molecular weight excluding hydrogens is 1100 g/mol. The van der Waals surface area contributed by atoms with Crippen LogP contribution in [0.1, 0.15) is 144 Å². The van der Waals surface area contributed by atoms with Gasteiger partial charge in [0.15, 0.2) is 0 Å². The molecule has 4 heterocycles. The van der Waals surface area contributed by atoms with Crippen LogP contribution in [0.5, 0.6) is 11.5 Å². The Labute approximate surface area is 508 Å². The Bertz CT molecular complexity index is 4280. The predicted octanol–water partition coefficient (Wildman–Crippen LogP) is 24.0. The molecule has 0 saturated heterocycles. The summed E-state index contributed by atoms with van der Waals surface area (Å²) in [6.45, 7) is 42.2. The maximum Gasteiger partial charge on any atom is 0.453 e. The molecule has 442 valence electrons. The van der Waals surface area contributed by atoms with Gasteiger partial charge < -0.3 is 25.8 Å². The molecule has 0 aliphatic rings. The third kappa shape index (κ3) is 9.66. The molecule has 0 fully saturated rings. The molecule has 10 heteroatoms. The number of hydrogen-bond donors (Lipinski definition) is 0. The maximum atomic E-state index is 7.97. The first-order valence-corrected chi connectivity index (χ1v) is 32.9. The van der Waals surface area contributed by atoms with Crippen molar-refractivity contribution in [3.8, 4) is 22.6 Å². The highest BCUT2D eigenvalue weighted by Crippen LogP contribution is 2.59. The highest BCUT2D eigenvalue weighted by Gasteiger charge is 2.42. The standard InChI is InChI=1S/C76H82N2O6P2/c1-43(2)73(11,12)55-41-57(75(15,16)45(5)6)71(83-85-79-61-35-31-49-25-19-21-27-51(49)67(61)68-52-28-22-20-26-50(52)32-36-62(68)80-85)65(47(55)9)66-48(10)56(74(13,14)44(3)4)42-58(76(17,18)46(7)8)72(66)84-86-81-63-37-33-59-53(29-23-39-77-59)69(63)70-54-30-24-40-78-60(54)34-38-64(70)82-86/h19-46H,1-18H3. The fourth-order valence-corrected chi connectivity index (χ4v) is 14.7. The Morgan fingerprint density at radius 1 is 0.360 bits per heavy atom. The maximum absolute atomic E-state index is 7.97. The van der Waals surface area contributed by atoms with Gasteiger partial charge in [0.05, 0.1) is 11.0 Å². The summed E-state index contributed by atoms with van der Waals surface area (Å²) in [5.41, 5.74) is 11.5.